The number of nitrogens with zero attached hydrogens (tertiary/aromatic N) is 1. The van der Waals surface area contributed by atoms with Crippen LogP contribution in [0.15, 0.2) is 24.3 Å². The SMILES string of the molecule is CNc1cccc(CN(C)CC2CCOCC2)c1. The minimum absolute atomic E-state index is 0.802. The molecular weight excluding hydrogens is 224 g/mol. The molecule has 3 heteroatoms. The molecule has 18 heavy (non-hydrogen) atoms. The predicted molar refractivity (Wildman–Crippen MR) is 75.9 cm³/mol. The third-order valence-corrected chi connectivity index (χ3v) is 3.58. The van der Waals surface area contributed by atoms with Gasteiger partial charge in [0, 0.05) is 39.0 Å². The van der Waals surface area contributed by atoms with Crippen molar-refractivity contribution in [2.45, 2.75) is 19.4 Å². The zero-order chi connectivity index (χ0) is 12.8. The Bertz CT molecular complexity index is 361. The Morgan fingerprint density at radius 3 is 2.83 bits per heavy atom. The summed E-state index contributed by atoms with van der Waals surface area (Å²) in [5.41, 5.74) is 2.56. The number of hydrogen-bond acceptors (Lipinski definition) is 3. The van der Waals surface area contributed by atoms with Crippen LogP contribution in [0.5, 0.6) is 0 Å². The molecule has 100 valence electrons. The van der Waals surface area contributed by atoms with E-state index in [1.54, 1.807) is 0 Å². The van der Waals surface area contributed by atoms with Gasteiger partial charge in [-0.05, 0) is 43.5 Å². The molecule has 1 saturated heterocycles. The Morgan fingerprint density at radius 2 is 2.11 bits per heavy atom. The van der Waals surface area contributed by atoms with Crippen LogP contribution in [0.3, 0.4) is 0 Å². The monoisotopic (exact) mass is 248 g/mol. The van der Waals surface area contributed by atoms with E-state index >= 15 is 0 Å². The standard InChI is InChI=1S/C15H24N2O/c1-16-15-5-3-4-14(10-15)12-17(2)11-13-6-8-18-9-7-13/h3-5,10,13,16H,6-9,11-12H2,1-2H3. The fraction of sp³-hybridized carbons (Fsp3) is 0.600. The van der Waals surface area contributed by atoms with Crippen LogP contribution in [0.2, 0.25) is 0 Å². The molecule has 1 aromatic carbocycles. The van der Waals surface area contributed by atoms with Crippen LogP contribution < -0.4 is 5.32 Å². The summed E-state index contributed by atoms with van der Waals surface area (Å²) >= 11 is 0. The molecule has 0 aromatic heterocycles. The van der Waals surface area contributed by atoms with Crippen molar-refractivity contribution in [3.05, 3.63) is 29.8 Å². The maximum atomic E-state index is 5.40. The molecule has 0 amide bonds. The number of anilines is 1. The lowest BCUT2D eigenvalue weighted by Crippen LogP contribution is -2.29. The lowest BCUT2D eigenvalue weighted by Gasteiger charge is -2.27. The maximum absolute atomic E-state index is 5.40. The van der Waals surface area contributed by atoms with Gasteiger partial charge in [0.05, 0.1) is 0 Å². The first-order chi connectivity index (χ1) is 8.78. The molecule has 0 unspecified atom stereocenters. The molecule has 1 aliphatic rings. The molecule has 1 heterocycles. The van der Waals surface area contributed by atoms with Crippen LogP contribution in [-0.2, 0) is 11.3 Å². The topological polar surface area (TPSA) is 24.5 Å². The first-order valence-corrected chi connectivity index (χ1v) is 6.81. The van der Waals surface area contributed by atoms with E-state index in [9.17, 15) is 0 Å². The zero-order valence-electron chi connectivity index (χ0n) is 11.5. The van der Waals surface area contributed by atoms with Crippen molar-refractivity contribution in [2.75, 3.05) is 39.2 Å². The van der Waals surface area contributed by atoms with E-state index < -0.39 is 0 Å². The van der Waals surface area contributed by atoms with Gasteiger partial charge in [0.2, 0.25) is 0 Å². The lowest BCUT2D eigenvalue weighted by atomic mass is 10.00. The van der Waals surface area contributed by atoms with Crippen LogP contribution in [0.4, 0.5) is 5.69 Å². The van der Waals surface area contributed by atoms with Gasteiger partial charge in [0.15, 0.2) is 0 Å². The normalized spacial score (nSPS) is 17.1. The van der Waals surface area contributed by atoms with Crippen molar-refractivity contribution in [2.24, 2.45) is 5.92 Å². The Morgan fingerprint density at radius 1 is 1.33 bits per heavy atom. The quantitative estimate of drug-likeness (QED) is 0.867. The third kappa shape index (κ3) is 4.00. The van der Waals surface area contributed by atoms with E-state index in [0.29, 0.717) is 0 Å². The van der Waals surface area contributed by atoms with Crippen molar-refractivity contribution in [3.8, 4) is 0 Å². The van der Waals surface area contributed by atoms with Crippen LogP contribution in [0.25, 0.3) is 0 Å². The summed E-state index contributed by atoms with van der Waals surface area (Å²) in [5.74, 6) is 0.802. The Kier molecular flexibility index (Phi) is 5.02. The van der Waals surface area contributed by atoms with Gasteiger partial charge in [0.1, 0.15) is 0 Å². The second-order valence-electron chi connectivity index (χ2n) is 5.20. The summed E-state index contributed by atoms with van der Waals surface area (Å²) in [4.78, 5) is 2.42. The highest BCUT2D eigenvalue weighted by Gasteiger charge is 2.15. The molecular formula is C15H24N2O. The van der Waals surface area contributed by atoms with Crippen molar-refractivity contribution < 1.29 is 4.74 Å². The van der Waals surface area contributed by atoms with Gasteiger partial charge in [-0.2, -0.15) is 0 Å². The molecule has 1 aromatic rings. The maximum Gasteiger partial charge on any atom is 0.0469 e. The summed E-state index contributed by atoms with van der Waals surface area (Å²) in [5, 5.41) is 3.19. The fourth-order valence-electron chi connectivity index (χ4n) is 2.57. The van der Waals surface area contributed by atoms with Crippen molar-refractivity contribution in [1.82, 2.24) is 4.90 Å². The number of ether oxygens (including phenoxy) is 1. The summed E-state index contributed by atoms with van der Waals surface area (Å²) in [6.07, 6.45) is 2.42. The van der Waals surface area contributed by atoms with E-state index in [0.717, 1.165) is 25.7 Å². The molecule has 1 fully saturated rings. The molecule has 0 radical (unpaired) electrons. The molecule has 2 rings (SSSR count). The highest BCUT2D eigenvalue weighted by Crippen LogP contribution is 2.17. The molecule has 0 spiro atoms. The summed E-state index contributed by atoms with van der Waals surface area (Å²) in [7, 11) is 4.17. The van der Waals surface area contributed by atoms with E-state index in [4.69, 9.17) is 4.74 Å². The lowest BCUT2D eigenvalue weighted by molar-refractivity contribution is 0.0549. The molecule has 0 aliphatic carbocycles. The highest BCUT2D eigenvalue weighted by molar-refractivity contribution is 5.44. The molecule has 3 nitrogen and oxygen atoms in total. The number of nitrogens with one attached hydrogen (secondary N) is 1. The fourth-order valence-corrected chi connectivity index (χ4v) is 2.57. The number of benzene rings is 1. The van der Waals surface area contributed by atoms with Crippen molar-refractivity contribution in [3.63, 3.8) is 0 Å². The summed E-state index contributed by atoms with van der Waals surface area (Å²) in [6.45, 7) is 4.07. The predicted octanol–water partition coefficient (Wildman–Crippen LogP) is 2.59. The smallest absolute Gasteiger partial charge is 0.0469 e. The first-order valence-electron chi connectivity index (χ1n) is 6.81. The van der Waals surface area contributed by atoms with Crippen molar-refractivity contribution >= 4 is 5.69 Å². The zero-order valence-corrected chi connectivity index (χ0v) is 11.5. The first kappa shape index (κ1) is 13.4. The van der Waals surface area contributed by atoms with E-state index in [1.807, 2.05) is 7.05 Å². The summed E-state index contributed by atoms with van der Waals surface area (Å²) < 4.78 is 5.40. The van der Waals surface area contributed by atoms with Gasteiger partial charge in [0.25, 0.3) is 0 Å². The Balaban J connectivity index is 1.83. The number of hydrogen-bond donors (Lipinski definition) is 1. The average Bonchev–Trinajstić information content (AvgIpc) is 2.40. The van der Waals surface area contributed by atoms with Gasteiger partial charge in [-0.25, -0.2) is 0 Å². The molecule has 0 bridgehead atoms. The van der Waals surface area contributed by atoms with E-state index in [1.165, 1.54) is 30.6 Å². The Labute approximate surface area is 110 Å². The minimum atomic E-state index is 0.802. The Hall–Kier alpha value is -1.06. The highest BCUT2D eigenvalue weighted by atomic mass is 16.5. The second-order valence-corrected chi connectivity index (χ2v) is 5.20. The van der Waals surface area contributed by atoms with Crippen LogP contribution in [0.1, 0.15) is 18.4 Å². The summed E-state index contributed by atoms with van der Waals surface area (Å²) in [6, 6.07) is 8.63. The van der Waals surface area contributed by atoms with Gasteiger partial charge >= 0.3 is 0 Å². The van der Waals surface area contributed by atoms with Gasteiger partial charge < -0.3 is 15.0 Å². The molecule has 1 aliphatic heterocycles. The van der Waals surface area contributed by atoms with Crippen LogP contribution >= 0.6 is 0 Å². The van der Waals surface area contributed by atoms with Gasteiger partial charge in [-0.15, -0.1) is 0 Å². The molecule has 1 N–H and O–H groups in total. The van der Waals surface area contributed by atoms with Crippen molar-refractivity contribution in [1.29, 1.82) is 0 Å². The third-order valence-electron chi connectivity index (χ3n) is 3.58. The number of rotatable bonds is 5. The van der Waals surface area contributed by atoms with Gasteiger partial charge in [-0.3, -0.25) is 0 Å². The van der Waals surface area contributed by atoms with E-state index in [2.05, 4.69) is 41.5 Å². The molecule has 0 saturated carbocycles. The van der Waals surface area contributed by atoms with Crippen LogP contribution in [0, 0.1) is 5.92 Å². The largest absolute Gasteiger partial charge is 0.388 e. The average molecular weight is 248 g/mol. The van der Waals surface area contributed by atoms with E-state index in [-0.39, 0.29) is 0 Å². The minimum Gasteiger partial charge on any atom is -0.388 e. The second kappa shape index (κ2) is 6.76. The van der Waals surface area contributed by atoms with Crippen LogP contribution in [-0.4, -0.2) is 38.8 Å². The van der Waals surface area contributed by atoms with Gasteiger partial charge in [-0.1, -0.05) is 12.1 Å². The molecule has 0 atom stereocenters.